The molecule has 0 amide bonds. The Morgan fingerprint density at radius 3 is 2.60 bits per heavy atom. The minimum atomic E-state index is 0.539. The van der Waals surface area contributed by atoms with Crippen LogP contribution in [0.25, 0.3) is 5.82 Å². The standard InChI is InChI=1S/C21H26N8O/c1-15-9-17(25-21-23-14-29(26-21)20-3-4-22-16(2)24-20)11-18(10-15)27-5-7-28(8-6-27)19-12-30-13-19/h3-4,9-11,14,19H,5-8,12-13H2,1-2H3,(H,25,26). The van der Waals surface area contributed by atoms with Crippen LogP contribution in [0.3, 0.4) is 0 Å². The number of benzene rings is 1. The Labute approximate surface area is 175 Å². The zero-order valence-electron chi connectivity index (χ0n) is 17.3. The average Bonchev–Trinajstić information content (AvgIpc) is 3.15. The molecule has 0 unspecified atom stereocenters. The van der Waals surface area contributed by atoms with Crippen molar-refractivity contribution in [3.63, 3.8) is 0 Å². The fraction of sp³-hybridized carbons (Fsp3) is 0.429. The second kappa shape index (κ2) is 8.00. The molecule has 4 heterocycles. The molecule has 2 aliphatic rings. The maximum Gasteiger partial charge on any atom is 0.247 e. The first-order valence-corrected chi connectivity index (χ1v) is 10.3. The summed E-state index contributed by atoms with van der Waals surface area (Å²) >= 11 is 0. The van der Waals surface area contributed by atoms with E-state index in [9.17, 15) is 0 Å². The largest absolute Gasteiger partial charge is 0.378 e. The molecule has 0 bridgehead atoms. The van der Waals surface area contributed by atoms with Gasteiger partial charge in [-0.3, -0.25) is 4.90 Å². The van der Waals surface area contributed by atoms with E-state index in [-0.39, 0.29) is 0 Å². The van der Waals surface area contributed by atoms with Gasteiger partial charge in [-0.05, 0) is 37.6 Å². The Morgan fingerprint density at radius 1 is 1.03 bits per heavy atom. The van der Waals surface area contributed by atoms with Gasteiger partial charge in [-0.15, -0.1) is 5.10 Å². The van der Waals surface area contributed by atoms with Crippen molar-refractivity contribution in [2.45, 2.75) is 19.9 Å². The quantitative estimate of drug-likeness (QED) is 0.688. The van der Waals surface area contributed by atoms with Crippen LogP contribution in [0.15, 0.2) is 36.8 Å². The summed E-state index contributed by atoms with van der Waals surface area (Å²) in [5.74, 6) is 1.94. The van der Waals surface area contributed by atoms with Crippen LogP contribution in [0.1, 0.15) is 11.4 Å². The molecule has 156 valence electrons. The molecule has 3 aromatic rings. The summed E-state index contributed by atoms with van der Waals surface area (Å²) in [6.07, 6.45) is 3.38. The Morgan fingerprint density at radius 2 is 1.87 bits per heavy atom. The molecular formula is C21H26N8O. The fourth-order valence-corrected chi connectivity index (χ4v) is 3.93. The van der Waals surface area contributed by atoms with Gasteiger partial charge in [0.15, 0.2) is 5.82 Å². The summed E-state index contributed by atoms with van der Waals surface area (Å²) in [4.78, 5) is 17.9. The molecule has 1 N–H and O–H groups in total. The summed E-state index contributed by atoms with van der Waals surface area (Å²) in [7, 11) is 0. The SMILES string of the molecule is Cc1cc(Nc2ncn(-c3ccnc(C)n3)n2)cc(N2CCN(C3COC3)CC2)c1. The van der Waals surface area contributed by atoms with E-state index in [0.29, 0.717) is 23.6 Å². The molecule has 2 saturated heterocycles. The number of aromatic nitrogens is 5. The van der Waals surface area contributed by atoms with E-state index >= 15 is 0 Å². The van der Waals surface area contributed by atoms with Gasteiger partial charge in [-0.1, -0.05) is 0 Å². The molecule has 5 rings (SSSR count). The molecule has 9 heteroatoms. The van der Waals surface area contributed by atoms with Crippen molar-refractivity contribution in [3.8, 4) is 5.82 Å². The van der Waals surface area contributed by atoms with Gasteiger partial charge in [0.1, 0.15) is 12.2 Å². The maximum absolute atomic E-state index is 5.34. The highest BCUT2D eigenvalue weighted by atomic mass is 16.5. The number of ether oxygens (including phenoxy) is 1. The molecule has 0 radical (unpaired) electrons. The first kappa shape index (κ1) is 19.0. The molecule has 2 aromatic heterocycles. The lowest BCUT2D eigenvalue weighted by molar-refractivity contribution is -0.0660. The lowest BCUT2D eigenvalue weighted by Gasteiger charge is -2.43. The van der Waals surface area contributed by atoms with Crippen LogP contribution >= 0.6 is 0 Å². The van der Waals surface area contributed by atoms with Crippen molar-refractivity contribution in [2.75, 3.05) is 49.6 Å². The molecule has 0 saturated carbocycles. The highest BCUT2D eigenvalue weighted by Crippen LogP contribution is 2.26. The third-order valence-corrected chi connectivity index (χ3v) is 5.62. The van der Waals surface area contributed by atoms with E-state index in [1.54, 1.807) is 17.2 Å². The lowest BCUT2D eigenvalue weighted by atomic mass is 10.1. The Hall–Kier alpha value is -3.04. The first-order valence-electron chi connectivity index (χ1n) is 10.3. The van der Waals surface area contributed by atoms with Gasteiger partial charge in [0.05, 0.1) is 19.3 Å². The van der Waals surface area contributed by atoms with Crippen molar-refractivity contribution in [1.29, 1.82) is 0 Å². The van der Waals surface area contributed by atoms with Gasteiger partial charge >= 0.3 is 0 Å². The molecule has 2 fully saturated rings. The number of aryl methyl sites for hydroxylation is 2. The Kier molecular flexibility index (Phi) is 5.06. The van der Waals surface area contributed by atoms with Crippen molar-refractivity contribution in [1.82, 2.24) is 29.6 Å². The normalized spacial score (nSPS) is 17.7. The maximum atomic E-state index is 5.34. The van der Waals surface area contributed by atoms with Crippen LogP contribution < -0.4 is 10.2 Å². The van der Waals surface area contributed by atoms with Crippen LogP contribution in [0.4, 0.5) is 17.3 Å². The lowest BCUT2D eigenvalue weighted by Crippen LogP contribution is -2.56. The van der Waals surface area contributed by atoms with Crippen molar-refractivity contribution in [2.24, 2.45) is 0 Å². The number of hydrogen-bond acceptors (Lipinski definition) is 8. The van der Waals surface area contributed by atoms with Crippen molar-refractivity contribution >= 4 is 17.3 Å². The highest BCUT2D eigenvalue weighted by molar-refractivity contribution is 5.64. The predicted octanol–water partition coefficient (Wildman–Crippen LogP) is 1.94. The van der Waals surface area contributed by atoms with Crippen LogP contribution in [-0.2, 0) is 4.74 Å². The molecule has 0 atom stereocenters. The Balaban J connectivity index is 1.28. The van der Waals surface area contributed by atoms with E-state index in [0.717, 1.165) is 45.1 Å². The molecule has 0 spiro atoms. The van der Waals surface area contributed by atoms with Crippen LogP contribution in [0.5, 0.6) is 0 Å². The minimum Gasteiger partial charge on any atom is -0.378 e. The zero-order valence-corrected chi connectivity index (χ0v) is 17.3. The monoisotopic (exact) mass is 406 g/mol. The number of nitrogens with zero attached hydrogens (tertiary/aromatic N) is 7. The van der Waals surface area contributed by atoms with Gasteiger partial charge < -0.3 is 15.0 Å². The van der Waals surface area contributed by atoms with Crippen molar-refractivity contribution < 1.29 is 4.74 Å². The topological polar surface area (TPSA) is 84.2 Å². The summed E-state index contributed by atoms with van der Waals surface area (Å²) in [5.41, 5.74) is 3.42. The third kappa shape index (κ3) is 3.99. The second-order valence-electron chi connectivity index (χ2n) is 7.87. The van der Waals surface area contributed by atoms with Crippen LogP contribution in [0, 0.1) is 13.8 Å². The number of anilines is 3. The van der Waals surface area contributed by atoms with Gasteiger partial charge in [0.25, 0.3) is 0 Å². The van der Waals surface area contributed by atoms with E-state index in [1.807, 2.05) is 13.0 Å². The van der Waals surface area contributed by atoms with Crippen LogP contribution in [-0.4, -0.2) is 75.1 Å². The fourth-order valence-electron chi connectivity index (χ4n) is 3.93. The number of rotatable bonds is 5. The van der Waals surface area contributed by atoms with Crippen molar-refractivity contribution in [3.05, 3.63) is 48.2 Å². The second-order valence-corrected chi connectivity index (χ2v) is 7.87. The van der Waals surface area contributed by atoms with Crippen LogP contribution in [0.2, 0.25) is 0 Å². The average molecular weight is 406 g/mol. The third-order valence-electron chi connectivity index (χ3n) is 5.62. The Bertz CT molecular complexity index is 1020. The first-order chi connectivity index (χ1) is 14.6. The van der Waals surface area contributed by atoms with Gasteiger partial charge in [-0.25, -0.2) is 14.6 Å². The number of hydrogen-bond donors (Lipinski definition) is 1. The van der Waals surface area contributed by atoms with Gasteiger partial charge in [-0.2, -0.15) is 4.98 Å². The van der Waals surface area contributed by atoms with E-state index < -0.39 is 0 Å². The number of piperazine rings is 1. The molecule has 30 heavy (non-hydrogen) atoms. The summed E-state index contributed by atoms with van der Waals surface area (Å²) < 4.78 is 6.99. The zero-order chi connectivity index (χ0) is 20.5. The van der Waals surface area contributed by atoms with E-state index in [1.165, 1.54) is 11.3 Å². The summed E-state index contributed by atoms with van der Waals surface area (Å²) in [5, 5.41) is 7.84. The summed E-state index contributed by atoms with van der Waals surface area (Å²) in [6.45, 7) is 9.95. The molecule has 1 aromatic carbocycles. The molecule has 2 aliphatic heterocycles. The molecular weight excluding hydrogens is 380 g/mol. The van der Waals surface area contributed by atoms with Gasteiger partial charge in [0.2, 0.25) is 5.95 Å². The highest BCUT2D eigenvalue weighted by Gasteiger charge is 2.29. The molecule has 0 aliphatic carbocycles. The summed E-state index contributed by atoms with van der Waals surface area (Å²) in [6, 6.07) is 8.95. The predicted molar refractivity (Wildman–Crippen MR) is 115 cm³/mol. The van der Waals surface area contributed by atoms with E-state index in [2.05, 4.69) is 60.3 Å². The number of nitrogens with one attached hydrogen (secondary N) is 1. The minimum absolute atomic E-state index is 0.539. The smallest absolute Gasteiger partial charge is 0.247 e. The van der Waals surface area contributed by atoms with Gasteiger partial charge in [0, 0.05) is 49.8 Å². The molecule has 9 nitrogen and oxygen atoms in total. The van der Waals surface area contributed by atoms with E-state index in [4.69, 9.17) is 4.74 Å².